The van der Waals surface area contributed by atoms with Gasteiger partial charge in [0, 0.05) is 23.2 Å². The standard InChI is InChI=1S/C18H17F4N5O2S/c1-18(6-11(8-29-16(21)22)30-17(23)27-18)13-5-10(2-3-24-13)26-15(28)14-12(20)4-9(19)7-25-14/h2-5,7,11,16H,6,8H2,1H3,(H2,23,27)(H,24,26,28)/t11-,18-/m0/s1. The Morgan fingerprint density at radius 3 is 2.87 bits per heavy atom. The van der Waals surface area contributed by atoms with Crippen LogP contribution in [0, 0.1) is 11.6 Å². The molecule has 0 bridgehead atoms. The number of nitrogens with one attached hydrogen (secondary N) is 1. The summed E-state index contributed by atoms with van der Waals surface area (Å²) in [6.07, 6.45) is 2.45. The summed E-state index contributed by atoms with van der Waals surface area (Å²) in [5, 5.41) is 2.28. The molecule has 0 unspecified atom stereocenters. The molecule has 2 atom stereocenters. The lowest BCUT2D eigenvalue weighted by molar-refractivity contribution is -0.128. The first kappa shape index (κ1) is 22.0. The molecular weight excluding hydrogens is 426 g/mol. The number of amidine groups is 1. The van der Waals surface area contributed by atoms with Gasteiger partial charge in [0.15, 0.2) is 16.7 Å². The predicted octanol–water partition coefficient (Wildman–Crippen LogP) is 3.28. The van der Waals surface area contributed by atoms with E-state index in [1.165, 1.54) is 18.3 Å². The number of rotatable bonds is 6. The number of aliphatic imine (C=N–C) groups is 1. The number of carbonyl (C=O) groups excluding carboxylic acids is 1. The van der Waals surface area contributed by atoms with Gasteiger partial charge in [0.2, 0.25) is 0 Å². The van der Waals surface area contributed by atoms with Gasteiger partial charge in [-0.05, 0) is 25.5 Å². The van der Waals surface area contributed by atoms with Gasteiger partial charge in [-0.3, -0.25) is 9.78 Å². The molecule has 0 aliphatic carbocycles. The van der Waals surface area contributed by atoms with E-state index in [1.807, 2.05) is 0 Å². The van der Waals surface area contributed by atoms with Crippen molar-refractivity contribution < 1.29 is 27.1 Å². The number of anilines is 1. The quantitative estimate of drug-likeness (QED) is 0.665. The summed E-state index contributed by atoms with van der Waals surface area (Å²) in [4.78, 5) is 24.4. The fourth-order valence-corrected chi connectivity index (χ4v) is 4.13. The number of aromatic nitrogens is 2. The molecule has 0 radical (unpaired) electrons. The van der Waals surface area contributed by atoms with Crippen LogP contribution in [-0.4, -0.2) is 39.5 Å². The molecule has 3 rings (SSSR count). The SMILES string of the molecule is C[C@@]1(c2cc(NC(=O)c3ncc(F)cc3F)ccn2)C[C@@H](COC(F)F)SC(N)=N1. The van der Waals surface area contributed by atoms with Crippen molar-refractivity contribution in [3.05, 3.63) is 53.6 Å². The highest BCUT2D eigenvalue weighted by Gasteiger charge is 2.36. The van der Waals surface area contributed by atoms with Crippen LogP contribution in [-0.2, 0) is 10.3 Å². The zero-order chi connectivity index (χ0) is 21.9. The number of carbonyl (C=O) groups is 1. The Kier molecular flexibility index (Phi) is 6.56. The van der Waals surface area contributed by atoms with Crippen LogP contribution in [0.2, 0.25) is 0 Å². The largest absolute Gasteiger partial charge is 0.379 e. The summed E-state index contributed by atoms with van der Waals surface area (Å²) >= 11 is 1.13. The average Bonchev–Trinajstić information content (AvgIpc) is 2.66. The van der Waals surface area contributed by atoms with E-state index in [1.54, 1.807) is 6.92 Å². The summed E-state index contributed by atoms with van der Waals surface area (Å²) in [6, 6.07) is 3.53. The van der Waals surface area contributed by atoms with Crippen molar-refractivity contribution >= 4 is 28.5 Å². The van der Waals surface area contributed by atoms with E-state index in [2.05, 4.69) is 25.0 Å². The minimum Gasteiger partial charge on any atom is -0.379 e. The smallest absolute Gasteiger partial charge is 0.345 e. The molecule has 0 fully saturated rings. The molecule has 0 spiro atoms. The first-order valence-corrected chi connectivity index (χ1v) is 9.55. The Hall–Kier alpha value is -2.73. The van der Waals surface area contributed by atoms with E-state index < -0.39 is 35.4 Å². The van der Waals surface area contributed by atoms with Crippen molar-refractivity contribution in [1.82, 2.24) is 9.97 Å². The molecule has 1 aliphatic heterocycles. The maximum absolute atomic E-state index is 13.8. The van der Waals surface area contributed by atoms with E-state index in [9.17, 15) is 22.4 Å². The zero-order valence-corrected chi connectivity index (χ0v) is 16.4. The molecule has 7 nitrogen and oxygen atoms in total. The molecule has 1 aliphatic rings. The maximum Gasteiger partial charge on any atom is 0.345 e. The molecule has 2 aromatic rings. The van der Waals surface area contributed by atoms with Crippen molar-refractivity contribution in [3.63, 3.8) is 0 Å². The Balaban J connectivity index is 1.80. The second-order valence-corrected chi connectivity index (χ2v) is 7.95. The summed E-state index contributed by atoms with van der Waals surface area (Å²) in [5.74, 6) is -2.88. The predicted molar refractivity (Wildman–Crippen MR) is 103 cm³/mol. The van der Waals surface area contributed by atoms with Crippen LogP contribution < -0.4 is 11.1 Å². The summed E-state index contributed by atoms with van der Waals surface area (Å²) < 4.78 is 55.9. The maximum atomic E-state index is 13.8. The van der Waals surface area contributed by atoms with Crippen LogP contribution in [0.3, 0.4) is 0 Å². The van der Waals surface area contributed by atoms with Crippen molar-refractivity contribution in [3.8, 4) is 0 Å². The van der Waals surface area contributed by atoms with E-state index in [0.717, 1.165) is 18.0 Å². The lowest BCUT2D eigenvalue weighted by Gasteiger charge is -2.33. The number of ether oxygens (including phenoxy) is 1. The fraction of sp³-hybridized carbons (Fsp3) is 0.333. The number of halogens is 4. The lowest BCUT2D eigenvalue weighted by Crippen LogP contribution is -2.36. The second-order valence-electron chi connectivity index (χ2n) is 6.63. The van der Waals surface area contributed by atoms with Crippen molar-refractivity contribution in [2.45, 2.75) is 30.7 Å². The van der Waals surface area contributed by atoms with E-state index in [0.29, 0.717) is 18.2 Å². The van der Waals surface area contributed by atoms with Gasteiger partial charge in [0.1, 0.15) is 11.4 Å². The first-order valence-electron chi connectivity index (χ1n) is 8.67. The third kappa shape index (κ3) is 5.25. The molecule has 160 valence electrons. The topological polar surface area (TPSA) is 102 Å². The van der Waals surface area contributed by atoms with Gasteiger partial charge in [-0.1, -0.05) is 11.8 Å². The van der Waals surface area contributed by atoms with Crippen LogP contribution in [0.15, 0.2) is 35.6 Å². The number of thioether (sulfide) groups is 1. The van der Waals surface area contributed by atoms with Crippen LogP contribution in [0.5, 0.6) is 0 Å². The highest BCUT2D eigenvalue weighted by Crippen LogP contribution is 2.38. The van der Waals surface area contributed by atoms with Gasteiger partial charge in [-0.25, -0.2) is 18.8 Å². The number of alkyl halides is 2. The molecule has 1 amide bonds. The first-order chi connectivity index (χ1) is 14.2. The summed E-state index contributed by atoms with van der Waals surface area (Å²) in [5.41, 5.74) is 5.02. The normalized spacial score (nSPS) is 21.4. The molecule has 3 N–H and O–H groups in total. The molecule has 12 heteroatoms. The van der Waals surface area contributed by atoms with E-state index >= 15 is 0 Å². The number of pyridine rings is 2. The van der Waals surface area contributed by atoms with Crippen molar-refractivity contribution in [2.75, 3.05) is 11.9 Å². The third-order valence-electron chi connectivity index (χ3n) is 4.27. The van der Waals surface area contributed by atoms with Crippen LogP contribution >= 0.6 is 11.8 Å². The minimum absolute atomic E-state index is 0.195. The number of nitrogens with two attached hydrogens (primary N) is 1. The van der Waals surface area contributed by atoms with E-state index in [-0.39, 0.29) is 22.7 Å². The number of hydrogen-bond acceptors (Lipinski definition) is 7. The molecule has 0 aromatic carbocycles. The second kappa shape index (κ2) is 8.96. The summed E-state index contributed by atoms with van der Waals surface area (Å²) in [7, 11) is 0. The monoisotopic (exact) mass is 443 g/mol. The van der Waals surface area contributed by atoms with Gasteiger partial charge >= 0.3 is 6.61 Å². The molecule has 3 heterocycles. The van der Waals surface area contributed by atoms with Crippen LogP contribution in [0.4, 0.5) is 23.2 Å². The Morgan fingerprint density at radius 1 is 1.40 bits per heavy atom. The van der Waals surface area contributed by atoms with Gasteiger partial charge < -0.3 is 15.8 Å². The molecule has 0 saturated heterocycles. The molecule has 0 saturated carbocycles. The van der Waals surface area contributed by atoms with Gasteiger partial charge in [0.05, 0.1) is 18.5 Å². The minimum atomic E-state index is -2.89. The Labute approximate surface area is 173 Å². The zero-order valence-electron chi connectivity index (χ0n) is 15.6. The van der Waals surface area contributed by atoms with Gasteiger partial charge in [0.25, 0.3) is 5.91 Å². The lowest BCUT2D eigenvalue weighted by atomic mass is 9.91. The van der Waals surface area contributed by atoms with Crippen molar-refractivity contribution in [1.29, 1.82) is 0 Å². The van der Waals surface area contributed by atoms with Crippen LogP contribution in [0.25, 0.3) is 0 Å². The summed E-state index contributed by atoms with van der Waals surface area (Å²) in [6.45, 7) is -1.39. The number of nitrogens with zero attached hydrogens (tertiary/aromatic N) is 3. The van der Waals surface area contributed by atoms with Gasteiger partial charge in [-0.15, -0.1) is 0 Å². The third-order valence-corrected chi connectivity index (χ3v) is 5.24. The van der Waals surface area contributed by atoms with Crippen LogP contribution in [0.1, 0.15) is 29.5 Å². The Bertz CT molecular complexity index is 977. The molecule has 2 aromatic heterocycles. The van der Waals surface area contributed by atoms with Gasteiger partial charge in [-0.2, -0.15) is 8.78 Å². The molecule has 30 heavy (non-hydrogen) atoms. The highest BCUT2D eigenvalue weighted by atomic mass is 32.2. The Morgan fingerprint density at radius 2 is 2.17 bits per heavy atom. The highest BCUT2D eigenvalue weighted by molar-refractivity contribution is 8.14. The van der Waals surface area contributed by atoms with Crippen molar-refractivity contribution in [2.24, 2.45) is 10.7 Å². The van der Waals surface area contributed by atoms with E-state index in [4.69, 9.17) is 5.73 Å². The fourth-order valence-electron chi connectivity index (χ4n) is 2.98. The molecular formula is C18H17F4N5O2S. The average molecular weight is 443 g/mol. The number of amides is 1. The number of hydrogen-bond donors (Lipinski definition) is 2.